The van der Waals surface area contributed by atoms with Crippen LogP contribution >= 0.6 is 11.8 Å². The maximum atomic E-state index is 4.56. The van der Waals surface area contributed by atoms with E-state index in [9.17, 15) is 0 Å². The molecule has 2 heterocycles. The molecule has 0 unspecified atom stereocenters. The molecule has 1 saturated heterocycles. The van der Waals surface area contributed by atoms with E-state index in [-0.39, 0.29) is 0 Å². The summed E-state index contributed by atoms with van der Waals surface area (Å²) in [6, 6.07) is 0.442. The minimum Gasteiger partial charge on any atom is -0.353 e. The molecule has 0 saturated carbocycles. The lowest BCUT2D eigenvalue weighted by atomic mass is 10.0. The summed E-state index contributed by atoms with van der Waals surface area (Å²) in [6.45, 7) is 7.51. The van der Waals surface area contributed by atoms with Crippen LogP contribution in [0.25, 0.3) is 0 Å². The maximum Gasteiger partial charge on any atom is 0.203 e. The molecule has 0 spiro atoms. The molecule has 1 aliphatic rings. The second-order valence-corrected chi connectivity index (χ2v) is 6.44. The first-order chi connectivity index (χ1) is 8.15. The van der Waals surface area contributed by atoms with E-state index in [1.807, 2.05) is 0 Å². The number of imidazole rings is 1. The van der Waals surface area contributed by atoms with Crippen LogP contribution in [0.4, 0.5) is 5.95 Å². The van der Waals surface area contributed by atoms with Crippen LogP contribution in [-0.2, 0) is 6.54 Å². The van der Waals surface area contributed by atoms with Crippen LogP contribution < -0.4 is 5.32 Å². The minimum atomic E-state index is 0.442. The summed E-state index contributed by atoms with van der Waals surface area (Å²) in [5.41, 5.74) is 1.11. The highest BCUT2D eigenvalue weighted by Crippen LogP contribution is 2.25. The fourth-order valence-electron chi connectivity index (χ4n) is 2.27. The molecule has 0 aromatic carbocycles. The number of anilines is 1. The third kappa shape index (κ3) is 3.66. The molecule has 0 amide bonds. The number of rotatable bonds is 4. The second-order valence-electron chi connectivity index (χ2n) is 5.21. The van der Waals surface area contributed by atoms with Crippen molar-refractivity contribution in [1.29, 1.82) is 0 Å². The predicted octanol–water partition coefficient (Wildman–Crippen LogP) is 3.16. The van der Waals surface area contributed by atoms with Gasteiger partial charge in [-0.05, 0) is 51.0 Å². The SMILES string of the molecule is Cc1cn(CC2CCSCC2)c(NC(C)C)n1. The van der Waals surface area contributed by atoms with Crippen molar-refractivity contribution in [2.24, 2.45) is 5.92 Å². The monoisotopic (exact) mass is 253 g/mol. The Labute approximate surface area is 108 Å². The van der Waals surface area contributed by atoms with E-state index >= 15 is 0 Å². The zero-order valence-corrected chi connectivity index (χ0v) is 11.9. The molecule has 1 fully saturated rings. The zero-order valence-electron chi connectivity index (χ0n) is 11.1. The van der Waals surface area contributed by atoms with Crippen molar-refractivity contribution in [3.05, 3.63) is 11.9 Å². The standard InChI is InChI=1S/C13H23N3S/c1-10(2)14-13-15-11(3)8-16(13)9-12-4-6-17-7-5-12/h8,10,12H,4-7,9H2,1-3H3,(H,14,15). The zero-order chi connectivity index (χ0) is 12.3. The molecule has 3 nitrogen and oxygen atoms in total. The minimum absolute atomic E-state index is 0.442. The number of aromatic nitrogens is 2. The Morgan fingerprint density at radius 3 is 2.82 bits per heavy atom. The Morgan fingerprint density at radius 2 is 2.18 bits per heavy atom. The largest absolute Gasteiger partial charge is 0.353 e. The molecule has 0 radical (unpaired) electrons. The van der Waals surface area contributed by atoms with Gasteiger partial charge in [0.2, 0.25) is 5.95 Å². The van der Waals surface area contributed by atoms with Crippen molar-refractivity contribution < 1.29 is 0 Å². The van der Waals surface area contributed by atoms with Crippen LogP contribution in [0.5, 0.6) is 0 Å². The van der Waals surface area contributed by atoms with Gasteiger partial charge in [0, 0.05) is 18.8 Å². The quantitative estimate of drug-likeness (QED) is 0.894. The summed E-state index contributed by atoms with van der Waals surface area (Å²) < 4.78 is 2.30. The second kappa shape index (κ2) is 5.80. The van der Waals surface area contributed by atoms with Gasteiger partial charge in [-0.15, -0.1) is 0 Å². The first-order valence-corrected chi connectivity index (χ1v) is 7.68. The van der Waals surface area contributed by atoms with Crippen LogP contribution in [0.1, 0.15) is 32.4 Å². The van der Waals surface area contributed by atoms with Crippen molar-refractivity contribution in [2.45, 2.75) is 46.2 Å². The van der Waals surface area contributed by atoms with Crippen molar-refractivity contribution >= 4 is 17.7 Å². The van der Waals surface area contributed by atoms with Gasteiger partial charge in [-0.25, -0.2) is 4.98 Å². The summed E-state index contributed by atoms with van der Waals surface area (Å²) in [5, 5.41) is 3.43. The molecular formula is C13H23N3S. The molecule has 17 heavy (non-hydrogen) atoms. The molecule has 96 valence electrons. The molecule has 1 N–H and O–H groups in total. The average molecular weight is 253 g/mol. The predicted molar refractivity (Wildman–Crippen MR) is 75.8 cm³/mol. The number of nitrogens with zero attached hydrogens (tertiary/aromatic N) is 2. The molecule has 0 aliphatic carbocycles. The van der Waals surface area contributed by atoms with Crippen molar-refractivity contribution in [1.82, 2.24) is 9.55 Å². The molecule has 0 bridgehead atoms. The van der Waals surface area contributed by atoms with Gasteiger partial charge in [-0.1, -0.05) is 0 Å². The van der Waals surface area contributed by atoms with E-state index in [2.05, 4.69) is 53.6 Å². The van der Waals surface area contributed by atoms with E-state index in [1.54, 1.807) is 0 Å². The van der Waals surface area contributed by atoms with Gasteiger partial charge < -0.3 is 9.88 Å². The average Bonchev–Trinajstić information content (AvgIpc) is 2.59. The highest BCUT2D eigenvalue weighted by molar-refractivity contribution is 7.99. The van der Waals surface area contributed by atoms with Gasteiger partial charge in [-0.2, -0.15) is 11.8 Å². The number of thioether (sulfide) groups is 1. The third-order valence-corrected chi connectivity index (χ3v) is 4.16. The van der Waals surface area contributed by atoms with Crippen LogP contribution in [0.3, 0.4) is 0 Å². The van der Waals surface area contributed by atoms with Crippen molar-refractivity contribution in [3.8, 4) is 0 Å². The normalized spacial score (nSPS) is 17.6. The Hall–Kier alpha value is -0.640. The van der Waals surface area contributed by atoms with E-state index in [0.29, 0.717) is 6.04 Å². The molecule has 2 rings (SSSR count). The number of aryl methyl sites for hydroxylation is 1. The number of hydrogen-bond donors (Lipinski definition) is 1. The molecular weight excluding hydrogens is 230 g/mol. The topological polar surface area (TPSA) is 29.9 Å². The summed E-state index contributed by atoms with van der Waals surface area (Å²) >= 11 is 2.09. The van der Waals surface area contributed by atoms with E-state index in [0.717, 1.165) is 24.1 Å². The van der Waals surface area contributed by atoms with Crippen LogP contribution in [0.2, 0.25) is 0 Å². The van der Waals surface area contributed by atoms with E-state index in [4.69, 9.17) is 0 Å². The Kier molecular flexibility index (Phi) is 4.37. The van der Waals surface area contributed by atoms with Gasteiger partial charge in [-0.3, -0.25) is 0 Å². The summed E-state index contributed by atoms with van der Waals surface area (Å²) in [6.07, 6.45) is 4.87. The summed E-state index contributed by atoms with van der Waals surface area (Å²) in [5.74, 6) is 4.52. The molecule has 1 aromatic rings. The third-order valence-electron chi connectivity index (χ3n) is 3.11. The lowest BCUT2D eigenvalue weighted by Crippen LogP contribution is -2.19. The molecule has 4 heteroatoms. The van der Waals surface area contributed by atoms with Crippen molar-refractivity contribution in [3.63, 3.8) is 0 Å². The van der Waals surface area contributed by atoms with Crippen LogP contribution in [0, 0.1) is 12.8 Å². The van der Waals surface area contributed by atoms with Gasteiger partial charge in [0.15, 0.2) is 0 Å². The van der Waals surface area contributed by atoms with Gasteiger partial charge in [0.1, 0.15) is 0 Å². The summed E-state index contributed by atoms with van der Waals surface area (Å²) in [7, 11) is 0. The fourth-order valence-corrected chi connectivity index (χ4v) is 3.47. The van der Waals surface area contributed by atoms with E-state index in [1.165, 1.54) is 24.3 Å². The lowest BCUT2D eigenvalue weighted by molar-refractivity contribution is 0.418. The van der Waals surface area contributed by atoms with Gasteiger partial charge >= 0.3 is 0 Å². The molecule has 1 aliphatic heterocycles. The van der Waals surface area contributed by atoms with Crippen LogP contribution in [-0.4, -0.2) is 27.1 Å². The lowest BCUT2D eigenvalue weighted by Gasteiger charge is -2.23. The van der Waals surface area contributed by atoms with Gasteiger partial charge in [0.05, 0.1) is 5.69 Å². The first kappa shape index (κ1) is 12.8. The van der Waals surface area contributed by atoms with Crippen molar-refractivity contribution in [2.75, 3.05) is 16.8 Å². The highest BCUT2D eigenvalue weighted by Gasteiger charge is 2.16. The van der Waals surface area contributed by atoms with Crippen LogP contribution in [0.15, 0.2) is 6.20 Å². The molecule has 1 aromatic heterocycles. The smallest absolute Gasteiger partial charge is 0.203 e. The van der Waals surface area contributed by atoms with E-state index < -0.39 is 0 Å². The summed E-state index contributed by atoms with van der Waals surface area (Å²) in [4.78, 5) is 4.56. The fraction of sp³-hybridized carbons (Fsp3) is 0.769. The molecule has 0 atom stereocenters. The Morgan fingerprint density at radius 1 is 1.47 bits per heavy atom. The van der Waals surface area contributed by atoms with Gasteiger partial charge in [0.25, 0.3) is 0 Å². The number of hydrogen-bond acceptors (Lipinski definition) is 3. The Balaban J connectivity index is 2.02. The highest BCUT2D eigenvalue weighted by atomic mass is 32.2. The first-order valence-electron chi connectivity index (χ1n) is 6.53. The maximum absolute atomic E-state index is 4.56. The number of nitrogens with one attached hydrogen (secondary N) is 1. The Bertz CT molecular complexity index is 354.